The van der Waals surface area contributed by atoms with Crippen LogP contribution in [0.5, 0.6) is 0 Å². The maximum atomic E-state index is 12.8. The van der Waals surface area contributed by atoms with E-state index in [0.717, 1.165) is 27.8 Å². The fourth-order valence-corrected chi connectivity index (χ4v) is 3.17. The van der Waals surface area contributed by atoms with Gasteiger partial charge in [-0.15, -0.1) is 0 Å². The summed E-state index contributed by atoms with van der Waals surface area (Å²) < 4.78 is 7.58. The van der Waals surface area contributed by atoms with Crippen LogP contribution >= 0.6 is 0 Å². The average Bonchev–Trinajstić information content (AvgIpc) is 3.12. The van der Waals surface area contributed by atoms with Crippen molar-refractivity contribution in [3.63, 3.8) is 0 Å². The Balaban J connectivity index is 2.12. The molecule has 110 valence electrons. The van der Waals surface area contributed by atoms with Crippen LogP contribution in [0.15, 0.2) is 53.2 Å². The number of aromatic nitrogens is 1. The quantitative estimate of drug-likeness (QED) is 0.690. The monoisotopic (exact) mass is 292 g/mol. The molecule has 1 amide bonds. The number of hydrogen-bond donors (Lipinski definition) is 0. The molecule has 3 aromatic rings. The van der Waals surface area contributed by atoms with Crippen molar-refractivity contribution in [2.24, 2.45) is 7.05 Å². The molecule has 0 saturated heterocycles. The molecular formula is C18H16N2O2. The van der Waals surface area contributed by atoms with Gasteiger partial charge in [-0.1, -0.05) is 24.3 Å². The smallest absolute Gasteiger partial charge is 0.271 e. The number of benzene rings is 1. The van der Waals surface area contributed by atoms with E-state index in [4.69, 9.17) is 4.42 Å². The number of carbonyl (C=O) groups is 1. The van der Waals surface area contributed by atoms with Gasteiger partial charge in [0.25, 0.3) is 5.91 Å². The van der Waals surface area contributed by atoms with Crippen LogP contribution < -0.4 is 0 Å². The third-order valence-electron chi connectivity index (χ3n) is 4.28. The van der Waals surface area contributed by atoms with Crippen molar-refractivity contribution in [2.45, 2.75) is 0 Å². The second-order valence-electron chi connectivity index (χ2n) is 5.58. The molecule has 0 spiro atoms. The number of amides is 1. The third-order valence-corrected chi connectivity index (χ3v) is 4.28. The van der Waals surface area contributed by atoms with E-state index >= 15 is 0 Å². The minimum absolute atomic E-state index is 0.0338. The van der Waals surface area contributed by atoms with Crippen molar-refractivity contribution >= 4 is 22.4 Å². The fourth-order valence-electron chi connectivity index (χ4n) is 3.17. The molecule has 0 radical (unpaired) electrons. The van der Waals surface area contributed by atoms with Crippen molar-refractivity contribution in [2.75, 3.05) is 13.6 Å². The van der Waals surface area contributed by atoms with Gasteiger partial charge in [-0.05, 0) is 18.2 Å². The molecule has 0 atom stereocenters. The molecule has 2 aromatic heterocycles. The maximum absolute atomic E-state index is 12.8. The van der Waals surface area contributed by atoms with E-state index in [2.05, 4.69) is 12.1 Å². The number of hydrogen-bond acceptors (Lipinski definition) is 2. The van der Waals surface area contributed by atoms with Gasteiger partial charge in [0, 0.05) is 42.7 Å². The Bertz CT molecular complexity index is 901. The zero-order valence-electron chi connectivity index (χ0n) is 12.5. The molecule has 1 aliphatic rings. The molecule has 1 aromatic carbocycles. The highest BCUT2D eigenvalue weighted by Crippen LogP contribution is 2.36. The summed E-state index contributed by atoms with van der Waals surface area (Å²) in [5, 5.41) is 1.08. The molecule has 0 N–H and O–H groups in total. The minimum Gasteiger partial charge on any atom is -0.464 e. The van der Waals surface area contributed by atoms with E-state index in [1.165, 1.54) is 0 Å². The Morgan fingerprint density at radius 2 is 1.91 bits per heavy atom. The molecule has 0 saturated carbocycles. The summed E-state index contributed by atoms with van der Waals surface area (Å²) >= 11 is 0. The lowest BCUT2D eigenvalue weighted by Crippen LogP contribution is -2.27. The SMILES string of the molecule is CN1CC=C(c2ccco2)c2c(n(C)c3ccccc23)C1=O. The highest BCUT2D eigenvalue weighted by molar-refractivity contribution is 6.09. The van der Waals surface area contributed by atoms with Crippen LogP contribution in [0.3, 0.4) is 0 Å². The van der Waals surface area contributed by atoms with Crippen LogP contribution in [-0.2, 0) is 7.05 Å². The summed E-state index contributed by atoms with van der Waals surface area (Å²) in [5.41, 5.74) is 3.70. The number of aryl methyl sites for hydroxylation is 1. The molecule has 1 aliphatic heterocycles. The normalized spacial score (nSPS) is 14.9. The first-order valence-corrected chi connectivity index (χ1v) is 7.26. The van der Waals surface area contributed by atoms with Crippen molar-refractivity contribution in [3.8, 4) is 0 Å². The predicted molar refractivity (Wildman–Crippen MR) is 85.7 cm³/mol. The first-order valence-electron chi connectivity index (χ1n) is 7.26. The number of nitrogens with zero attached hydrogens (tertiary/aromatic N) is 2. The molecule has 22 heavy (non-hydrogen) atoms. The lowest BCUT2D eigenvalue weighted by molar-refractivity contribution is 0.0803. The van der Waals surface area contributed by atoms with Gasteiger partial charge in [0.15, 0.2) is 0 Å². The Morgan fingerprint density at radius 3 is 2.68 bits per heavy atom. The topological polar surface area (TPSA) is 38.4 Å². The number of para-hydroxylation sites is 1. The van der Waals surface area contributed by atoms with E-state index in [-0.39, 0.29) is 5.91 Å². The Morgan fingerprint density at radius 1 is 1.09 bits per heavy atom. The van der Waals surface area contributed by atoms with Crippen LogP contribution in [0.1, 0.15) is 21.8 Å². The summed E-state index contributed by atoms with van der Waals surface area (Å²) in [6, 6.07) is 11.9. The zero-order chi connectivity index (χ0) is 15.3. The highest BCUT2D eigenvalue weighted by Gasteiger charge is 2.29. The molecule has 0 bridgehead atoms. The van der Waals surface area contributed by atoms with Gasteiger partial charge in [0.1, 0.15) is 11.5 Å². The molecule has 0 unspecified atom stereocenters. The second kappa shape index (κ2) is 4.63. The summed E-state index contributed by atoms with van der Waals surface area (Å²) in [6.45, 7) is 0.567. The van der Waals surface area contributed by atoms with Crippen molar-refractivity contribution in [3.05, 3.63) is 65.8 Å². The third kappa shape index (κ3) is 1.67. The van der Waals surface area contributed by atoms with E-state index in [1.54, 1.807) is 11.2 Å². The van der Waals surface area contributed by atoms with Gasteiger partial charge < -0.3 is 13.9 Å². The van der Waals surface area contributed by atoms with E-state index < -0.39 is 0 Å². The van der Waals surface area contributed by atoms with E-state index in [0.29, 0.717) is 12.2 Å². The first kappa shape index (κ1) is 13.0. The molecule has 4 rings (SSSR count). The van der Waals surface area contributed by atoms with Gasteiger partial charge in [0.2, 0.25) is 0 Å². The van der Waals surface area contributed by atoms with Crippen molar-refractivity contribution < 1.29 is 9.21 Å². The van der Waals surface area contributed by atoms with Crippen LogP contribution in [-0.4, -0.2) is 29.0 Å². The van der Waals surface area contributed by atoms with Crippen LogP contribution in [0, 0.1) is 0 Å². The summed E-state index contributed by atoms with van der Waals surface area (Å²) in [4.78, 5) is 14.5. The number of carbonyl (C=O) groups excluding carboxylic acids is 1. The Labute approximate surface area is 128 Å². The van der Waals surface area contributed by atoms with Crippen LogP contribution in [0.4, 0.5) is 0 Å². The Kier molecular flexibility index (Phi) is 2.73. The summed E-state index contributed by atoms with van der Waals surface area (Å²) in [7, 11) is 3.77. The fraction of sp³-hybridized carbons (Fsp3) is 0.167. The molecule has 0 fully saturated rings. The molecule has 4 nitrogen and oxygen atoms in total. The maximum Gasteiger partial charge on any atom is 0.271 e. The van der Waals surface area contributed by atoms with Gasteiger partial charge in [-0.2, -0.15) is 0 Å². The Hall–Kier alpha value is -2.75. The predicted octanol–water partition coefficient (Wildman–Crippen LogP) is 3.29. The molecule has 3 heterocycles. The minimum atomic E-state index is 0.0338. The first-order chi connectivity index (χ1) is 10.7. The van der Waals surface area contributed by atoms with E-state index in [1.807, 2.05) is 49.0 Å². The van der Waals surface area contributed by atoms with Crippen molar-refractivity contribution in [1.29, 1.82) is 0 Å². The zero-order valence-corrected chi connectivity index (χ0v) is 12.5. The molecular weight excluding hydrogens is 276 g/mol. The second-order valence-corrected chi connectivity index (χ2v) is 5.58. The number of fused-ring (bicyclic) bond motifs is 3. The van der Waals surface area contributed by atoms with Gasteiger partial charge >= 0.3 is 0 Å². The van der Waals surface area contributed by atoms with Gasteiger partial charge in [-0.25, -0.2) is 0 Å². The van der Waals surface area contributed by atoms with E-state index in [9.17, 15) is 4.79 Å². The van der Waals surface area contributed by atoms with Crippen LogP contribution in [0.2, 0.25) is 0 Å². The number of furan rings is 1. The number of likely N-dealkylation sites (N-methyl/N-ethyl adjacent to an activating group) is 1. The largest absolute Gasteiger partial charge is 0.464 e. The highest BCUT2D eigenvalue weighted by atomic mass is 16.3. The van der Waals surface area contributed by atoms with Crippen molar-refractivity contribution in [1.82, 2.24) is 9.47 Å². The lowest BCUT2D eigenvalue weighted by Gasteiger charge is -2.14. The standard InChI is InChI=1S/C18H16N2O2/c1-19-10-9-13(15-8-5-11-22-15)16-12-6-3-4-7-14(12)20(2)17(16)18(19)21/h3-9,11H,10H2,1-2H3. The van der Waals surface area contributed by atoms with Gasteiger partial charge in [0.05, 0.1) is 6.26 Å². The number of rotatable bonds is 1. The van der Waals surface area contributed by atoms with Crippen LogP contribution in [0.25, 0.3) is 16.5 Å². The molecule has 4 heteroatoms. The van der Waals surface area contributed by atoms with Gasteiger partial charge in [-0.3, -0.25) is 4.79 Å². The lowest BCUT2D eigenvalue weighted by atomic mass is 10.00. The average molecular weight is 292 g/mol. The summed E-state index contributed by atoms with van der Waals surface area (Å²) in [5.74, 6) is 0.826. The summed E-state index contributed by atoms with van der Waals surface area (Å²) in [6.07, 6.45) is 3.73. The molecule has 0 aliphatic carbocycles.